The summed E-state index contributed by atoms with van der Waals surface area (Å²) < 4.78 is 11.9. The van der Waals surface area contributed by atoms with Crippen LogP contribution >= 0.6 is 0 Å². The fraction of sp³-hybridized carbons (Fsp3) is 0.692. The van der Waals surface area contributed by atoms with E-state index in [0.717, 1.165) is 19.3 Å². The van der Waals surface area contributed by atoms with Gasteiger partial charge in [0.1, 0.15) is 24.5 Å². The van der Waals surface area contributed by atoms with Gasteiger partial charge in [-0.2, -0.15) is 5.10 Å². The molecular weight excluding hydrogens is 278 g/mol. The lowest BCUT2D eigenvalue weighted by molar-refractivity contribution is -0.386. The molecule has 21 heavy (non-hydrogen) atoms. The van der Waals surface area contributed by atoms with Crippen molar-refractivity contribution < 1.29 is 19.2 Å². The number of rotatable bonds is 5. The molecule has 1 fully saturated rings. The van der Waals surface area contributed by atoms with Gasteiger partial charge in [0.15, 0.2) is 0 Å². The molecule has 0 radical (unpaired) electrons. The Morgan fingerprint density at radius 3 is 2.86 bits per heavy atom. The Hall–Kier alpha value is -1.96. The quantitative estimate of drug-likeness (QED) is 0.464. The van der Waals surface area contributed by atoms with E-state index in [0.29, 0.717) is 18.0 Å². The van der Waals surface area contributed by atoms with Crippen molar-refractivity contribution in [2.45, 2.75) is 45.8 Å². The zero-order valence-corrected chi connectivity index (χ0v) is 12.2. The van der Waals surface area contributed by atoms with Crippen LogP contribution in [0.5, 0.6) is 0 Å². The Labute approximate surface area is 122 Å². The first-order chi connectivity index (χ1) is 9.99. The van der Waals surface area contributed by atoms with Crippen LogP contribution in [0.1, 0.15) is 30.7 Å². The number of carbonyl (C=O) groups excluding carboxylic acids is 1. The molecule has 116 valence electrons. The number of aryl methyl sites for hydroxylation is 1. The molecule has 1 aromatic heterocycles. The van der Waals surface area contributed by atoms with Crippen LogP contribution in [0, 0.1) is 24.0 Å². The number of carbonyl (C=O) groups is 1. The van der Waals surface area contributed by atoms with E-state index >= 15 is 0 Å². The summed E-state index contributed by atoms with van der Waals surface area (Å²) >= 11 is 0. The van der Waals surface area contributed by atoms with Crippen LogP contribution in [0.15, 0.2) is 0 Å². The number of nitrogens with zero attached hydrogens (tertiary/aromatic N) is 3. The first-order valence-corrected chi connectivity index (χ1v) is 6.94. The average molecular weight is 297 g/mol. The Morgan fingerprint density at radius 1 is 1.52 bits per heavy atom. The van der Waals surface area contributed by atoms with Crippen LogP contribution in [-0.2, 0) is 20.8 Å². The van der Waals surface area contributed by atoms with Crippen molar-refractivity contribution in [2.75, 3.05) is 13.2 Å². The second-order valence-corrected chi connectivity index (χ2v) is 5.11. The van der Waals surface area contributed by atoms with Crippen molar-refractivity contribution in [1.82, 2.24) is 9.78 Å². The van der Waals surface area contributed by atoms with Gasteiger partial charge in [-0.25, -0.2) is 0 Å². The van der Waals surface area contributed by atoms with Crippen molar-refractivity contribution in [1.29, 1.82) is 0 Å². The maximum atomic E-state index is 11.8. The number of nitro groups is 1. The monoisotopic (exact) mass is 297 g/mol. The lowest BCUT2D eigenvalue weighted by atomic mass is 10.1. The summed E-state index contributed by atoms with van der Waals surface area (Å²) in [5, 5.41) is 14.9. The SMILES string of the molecule is Cc1nn(CC(=O)OCC2CCCCO2)c(C)c1[N+](=O)[O-]. The summed E-state index contributed by atoms with van der Waals surface area (Å²) in [5.41, 5.74) is 0.586. The third-order valence-electron chi connectivity index (χ3n) is 3.51. The Morgan fingerprint density at radius 2 is 2.29 bits per heavy atom. The zero-order chi connectivity index (χ0) is 15.4. The normalized spacial score (nSPS) is 18.5. The highest BCUT2D eigenvalue weighted by atomic mass is 16.6. The van der Waals surface area contributed by atoms with Crippen LogP contribution in [0.2, 0.25) is 0 Å². The summed E-state index contributed by atoms with van der Waals surface area (Å²) in [5.74, 6) is -0.468. The van der Waals surface area contributed by atoms with E-state index in [1.807, 2.05) is 0 Å². The smallest absolute Gasteiger partial charge is 0.327 e. The van der Waals surface area contributed by atoms with E-state index in [1.165, 1.54) is 4.68 Å². The molecule has 0 amide bonds. The molecule has 0 bridgehead atoms. The summed E-state index contributed by atoms with van der Waals surface area (Å²) in [7, 11) is 0. The first-order valence-electron chi connectivity index (χ1n) is 6.94. The largest absolute Gasteiger partial charge is 0.462 e. The van der Waals surface area contributed by atoms with E-state index < -0.39 is 10.9 Å². The van der Waals surface area contributed by atoms with E-state index in [4.69, 9.17) is 9.47 Å². The van der Waals surface area contributed by atoms with Gasteiger partial charge >= 0.3 is 11.7 Å². The molecule has 1 unspecified atom stereocenters. The molecule has 0 aromatic carbocycles. The summed E-state index contributed by atoms with van der Waals surface area (Å²) in [6, 6.07) is 0. The topological polar surface area (TPSA) is 96.5 Å². The molecule has 0 N–H and O–H groups in total. The van der Waals surface area contributed by atoms with E-state index in [-0.39, 0.29) is 24.9 Å². The number of esters is 1. The van der Waals surface area contributed by atoms with Gasteiger partial charge in [-0.15, -0.1) is 0 Å². The number of ether oxygens (including phenoxy) is 2. The molecule has 0 saturated carbocycles. The molecule has 8 heteroatoms. The molecule has 1 aliphatic heterocycles. The van der Waals surface area contributed by atoms with Crippen LogP contribution in [0.25, 0.3) is 0 Å². The van der Waals surface area contributed by atoms with Crippen LogP contribution in [-0.4, -0.2) is 40.0 Å². The third-order valence-corrected chi connectivity index (χ3v) is 3.51. The zero-order valence-electron chi connectivity index (χ0n) is 12.2. The van der Waals surface area contributed by atoms with Gasteiger partial charge in [0.25, 0.3) is 0 Å². The molecule has 1 saturated heterocycles. The standard InChI is InChI=1S/C13H19N3O5/c1-9-13(16(18)19)10(2)15(14-9)7-12(17)21-8-11-5-3-4-6-20-11/h11H,3-8H2,1-2H3. The van der Waals surface area contributed by atoms with Gasteiger partial charge in [0.2, 0.25) is 0 Å². The maximum absolute atomic E-state index is 11.8. The minimum Gasteiger partial charge on any atom is -0.462 e. The molecule has 0 spiro atoms. The van der Waals surface area contributed by atoms with Crippen LogP contribution in [0.3, 0.4) is 0 Å². The molecule has 1 aromatic rings. The minimum absolute atomic E-state index is 0.0440. The van der Waals surface area contributed by atoms with Gasteiger partial charge < -0.3 is 9.47 Å². The Bertz CT molecular complexity index is 534. The second-order valence-electron chi connectivity index (χ2n) is 5.11. The molecular formula is C13H19N3O5. The highest BCUT2D eigenvalue weighted by molar-refractivity contribution is 5.69. The summed E-state index contributed by atoms with van der Waals surface area (Å²) in [6.07, 6.45) is 2.96. The van der Waals surface area contributed by atoms with Crippen molar-refractivity contribution in [3.63, 3.8) is 0 Å². The van der Waals surface area contributed by atoms with Gasteiger partial charge in [0, 0.05) is 6.61 Å². The van der Waals surface area contributed by atoms with E-state index in [9.17, 15) is 14.9 Å². The maximum Gasteiger partial charge on any atom is 0.327 e. The summed E-state index contributed by atoms with van der Waals surface area (Å²) in [4.78, 5) is 22.2. The minimum atomic E-state index is -0.491. The number of hydrogen-bond donors (Lipinski definition) is 0. The molecule has 1 aliphatic rings. The molecule has 0 aliphatic carbocycles. The van der Waals surface area contributed by atoms with Crippen molar-refractivity contribution in [3.8, 4) is 0 Å². The van der Waals surface area contributed by atoms with Gasteiger partial charge in [-0.1, -0.05) is 0 Å². The second kappa shape index (κ2) is 6.66. The predicted molar refractivity (Wildman–Crippen MR) is 72.9 cm³/mol. The van der Waals surface area contributed by atoms with E-state index in [2.05, 4.69) is 5.10 Å². The summed E-state index contributed by atoms with van der Waals surface area (Å²) in [6.45, 7) is 3.90. The fourth-order valence-corrected chi connectivity index (χ4v) is 2.40. The van der Waals surface area contributed by atoms with E-state index in [1.54, 1.807) is 13.8 Å². The van der Waals surface area contributed by atoms with Crippen LogP contribution < -0.4 is 0 Å². The number of hydrogen-bond acceptors (Lipinski definition) is 6. The first kappa shape index (κ1) is 15.4. The van der Waals surface area contributed by atoms with Gasteiger partial charge in [-0.3, -0.25) is 19.6 Å². The van der Waals surface area contributed by atoms with Gasteiger partial charge in [0.05, 0.1) is 11.0 Å². The number of aromatic nitrogens is 2. The Kier molecular flexibility index (Phi) is 4.89. The molecule has 1 atom stereocenters. The van der Waals surface area contributed by atoms with Crippen molar-refractivity contribution >= 4 is 11.7 Å². The van der Waals surface area contributed by atoms with Crippen LogP contribution in [0.4, 0.5) is 5.69 Å². The van der Waals surface area contributed by atoms with Crippen molar-refractivity contribution in [2.24, 2.45) is 0 Å². The fourth-order valence-electron chi connectivity index (χ4n) is 2.40. The highest BCUT2D eigenvalue weighted by Gasteiger charge is 2.23. The Balaban J connectivity index is 1.90. The highest BCUT2D eigenvalue weighted by Crippen LogP contribution is 2.21. The average Bonchev–Trinajstić information content (AvgIpc) is 2.72. The van der Waals surface area contributed by atoms with Gasteiger partial charge in [-0.05, 0) is 33.1 Å². The molecule has 8 nitrogen and oxygen atoms in total. The van der Waals surface area contributed by atoms with Crippen molar-refractivity contribution in [3.05, 3.63) is 21.5 Å². The molecule has 2 heterocycles. The lowest BCUT2D eigenvalue weighted by Gasteiger charge is -2.22. The third kappa shape index (κ3) is 3.78. The molecule has 2 rings (SSSR count). The predicted octanol–water partition coefficient (Wildman–Crippen LogP) is 1.52. The lowest BCUT2D eigenvalue weighted by Crippen LogP contribution is -2.27.